The van der Waals surface area contributed by atoms with Gasteiger partial charge in [0.05, 0.1) is 6.10 Å². The van der Waals surface area contributed by atoms with Crippen LogP contribution in [-0.4, -0.2) is 12.1 Å². The number of rotatable bonds is 5. The molecule has 0 fully saturated rings. The van der Waals surface area contributed by atoms with Gasteiger partial charge < -0.3 is 32.4 Å². The van der Waals surface area contributed by atoms with Gasteiger partial charge in [-0.15, -0.1) is 0 Å². The van der Waals surface area contributed by atoms with Gasteiger partial charge in [0.15, 0.2) is 0 Å². The molecule has 0 saturated carbocycles. The Morgan fingerprint density at radius 3 is 1.89 bits per heavy atom. The Kier molecular flexibility index (Phi) is 24.3. The average Bonchev–Trinajstić information content (AvgIpc) is 2.38. The Labute approximate surface area is 137 Å². The first-order valence-electron chi connectivity index (χ1n) is 5.85. The van der Waals surface area contributed by atoms with E-state index in [1.807, 2.05) is 6.92 Å². The molecule has 19 heavy (non-hydrogen) atoms. The molecule has 0 spiro atoms. The van der Waals surface area contributed by atoms with Crippen LogP contribution in [0.4, 0.5) is 0 Å². The quantitative estimate of drug-likeness (QED) is 0.378. The second-order valence-electron chi connectivity index (χ2n) is 3.72. The van der Waals surface area contributed by atoms with E-state index in [0.717, 1.165) is 12.8 Å². The fourth-order valence-electron chi connectivity index (χ4n) is 0.600. The molecule has 0 N–H and O–H groups in total. The molecule has 0 rings (SSSR count). The molecule has 0 aliphatic carbocycles. The van der Waals surface area contributed by atoms with Crippen molar-refractivity contribution in [2.24, 2.45) is 5.92 Å². The molecule has 0 heterocycles. The third kappa shape index (κ3) is 21.1. The molecule has 2 nitrogen and oxygen atoms in total. The Balaban J connectivity index is -0.000000303. The number of ether oxygens (including phenoxy) is 1. The molecule has 0 aromatic rings. The van der Waals surface area contributed by atoms with E-state index in [1.54, 1.807) is 6.92 Å². The number of hydrogen-bond acceptors (Lipinski definition) is 2. The molecule has 0 aliphatic rings. The van der Waals surface area contributed by atoms with E-state index in [4.69, 9.17) is 21.8 Å². The summed E-state index contributed by atoms with van der Waals surface area (Å²) in [4.78, 5) is 11.0. The summed E-state index contributed by atoms with van der Waals surface area (Å²) in [6.45, 7) is 21.5. The van der Waals surface area contributed by atoms with E-state index >= 15 is 0 Å². The van der Waals surface area contributed by atoms with Crippen LogP contribution in [0.3, 0.4) is 0 Å². The zero-order chi connectivity index (χ0) is 15.8. The van der Waals surface area contributed by atoms with Crippen molar-refractivity contribution in [3.63, 3.8) is 0 Å². The first-order chi connectivity index (χ1) is 8.81. The third-order valence-corrected chi connectivity index (χ3v) is 1.93. The number of halogens is 2. The monoisotopic (exact) mass is 384 g/mol. The van der Waals surface area contributed by atoms with Crippen LogP contribution in [-0.2, 0) is 30.4 Å². The topological polar surface area (TPSA) is 26.3 Å². The van der Waals surface area contributed by atoms with E-state index in [1.165, 1.54) is 0 Å². The fraction of sp³-hybridized carbons (Fsp3) is 0.500. The predicted molar refractivity (Wildman–Crippen MR) is 80.8 cm³/mol. The van der Waals surface area contributed by atoms with Crippen LogP contribution < -0.4 is 0 Å². The van der Waals surface area contributed by atoms with Crippen LogP contribution in [0.2, 0.25) is 0 Å². The van der Waals surface area contributed by atoms with E-state index in [9.17, 15) is 4.79 Å². The molecule has 0 radical (unpaired) electrons. The van der Waals surface area contributed by atoms with Crippen molar-refractivity contribution in [3.8, 4) is 0 Å². The van der Waals surface area contributed by atoms with Crippen molar-refractivity contribution >= 4 is 23.0 Å². The Hall–Kier alpha value is 0.673. The Bertz CT molecular complexity index is 221. The fourth-order valence-corrected chi connectivity index (χ4v) is 0.600. The molecule has 114 valence electrons. The van der Waals surface area contributed by atoms with Gasteiger partial charge in [0.2, 0.25) is 0 Å². The second kappa shape index (κ2) is 18.7. The number of esters is 1. The zero-order valence-electron chi connectivity index (χ0n) is 11.9. The molecule has 0 amide bonds. The van der Waals surface area contributed by atoms with Gasteiger partial charge in [-0.2, -0.15) is 5.92 Å². The first kappa shape index (κ1) is 24.7. The summed E-state index contributed by atoms with van der Waals surface area (Å²) in [6.07, 6.45) is 2.39. The molecule has 5 heteroatoms. The molecular formula is C14H24Cl2O2Zr-4. The van der Waals surface area contributed by atoms with E-state index in [-0.39, 0.29) is 18.0 Å². The van der Waals surface area contributed by atoms with Gasteiger partial charge in [0.25, 0.3) is 0 Å². The number of carbonyl (C=O) groups excluding carboxylic acids is 1. The van der Waals surface area contributed by atoms with Gasteiger partial charge in [-0.05, 0) is 13.8 Å². The minimum atomic E-state index is -0.826. The minimum absolute atomic E-state index is 0.0494. The summed E-state index contributed by atoms with van der Waals surface area (Å²) >= 11 is -0.826. The Morgan fingerprint density at radius 1 is 1.32 bits per heavy atom. The van der Waals surface area contributed by atoms with E-state index in [0.29, 0.717) is 12.0 Å². The molecule has 0 bridgehead atoms. The van der Waals surface area contributed by atoms with Crippen LogP contribution in [0.25, 0.3) is 0 Å². The molecule has 0 aromatic heterocycles. The molecule has 0 aromatic carbocycles. The van der Waals surface area contributed by atoms with Crippen LogP contribution >= 0.6 is 17.0 Å². The van der Waals surface area contributed by atoms with Gasteiger partial charge >= 0.3 is 43.8 Å². The van der Waals surface area contributed by atoms with Gasteiger partial charge in [-0.1, -0.05) is 6.58 Å². The maximum atomic E-state index is 11.0. The van der Waals surface area contributed by atoms with Crippen molar-refractivity contribution in [3.05, 3.63) is 39.8 Å². The van der Waals surface area contributed by atoms with E-state index < -0.39 is 20.8 Å². The summed E-state index contributed by atoms with van der Waals surface area (Å²) in [7, 11) is 9.87. The van der Waals surface area contributed by atoms with Crippen molar-refractivity contribution in [2.45, 2.75) is 39.2 Å². The summed E-state index contributed by atoms with van der Waals surface area (Å²) < 4.78 is 5.02. The van der Waals surface area contributed by atoms with Crippen LogP contribution in [0, 0.1) is 33.6 Å². The summed E-state index contributed by atoms with van der Waals surface area (Å²) in [5, 5.41) is 0. The summed E-state index contributed by atoms with van der Waals surface area (Å²) in [5.74, 6) is -0.308. The standard InChI is InChI=1S/C10H16O2.C4H8.2ClH.Zr/c1-6-8(4)9(5)12-10(11)7(2)3;1-3-4-2;;;/h8-9H,1-2,4,6H2,3,5H3;1-4H2;2*1H;/q2*-2;;;+2/p-2. The normalized spacial score (nSPS) is 11.8. The van der Waals surface area contributed by atoms with Crippen molar-refractivity contribution in [2.75, 3.05) is 0 Å². The van der Waals surface area contributed by atoms with Crippen molar-refractivity contribution in [1.29, 1.82) is 0 Å². The van der Waals surface area contributed by atoms with E-state index in [2.05, 4.69) is 34.3 Å². The molecule has 2 unspecified atom stereocenters. The Morgan fingerprint density at radius 2 is 1.68 bits per heavy atom. The molecule has 0 aliphatic heterocycles. The molecule has 2 atom stereocenters. The second-order valence-corrected chi connectivity index (χ2v) is 7.45. The maximum absolute atomic E-state index is 11.0. The van der Waals surface area contributed by atoms with Crippen LogP contribution in [0.15, 0.2) is 12.2 Å². The third-order valence-electron chi connectivity index (χ3n) is 1.93. The zero-order valence-corrected chi connectivity index (χ0v) is 15.9. The van der Waals surface area contributed by atoms with Gasteiger partial charge in [-0.3, -0.25) is 0 Å². The average molecular weight is 386 g/mol. The summed E-state index contributed by atoms with van der Waals surface area (Å²) in [5.41, 5.74) is 0.415. The molecule has 0 saturated heterocycles. The van der Waals surface area contributed by atoms with Gasteiger partial charge in [0, 0.05) is 5.57 Å². The van der Waals surface area contributed by atoms with Gasteiger partial charge in [0.1, 0.15) is 0 Å². The van der Waals surface area contributed by atoms with Crippen LogP contribution in [0.5, 0.6) is 0 Å². The summed E-state index contributed by atoms with van der Waals surface area (Å²) in [6, 6.07) is 0. The van der Waals surface area contributed by atoms with Gasteiger partial charge in [-0.25, -0.2) is 24.1 Å². The SMILES string of the molecule is C=C(C)C(=O)OC(C)C([CH2-])C[CH2-].[CH2-]CC[CH2-].[Cl][Zr][Cl]. The number of carbonyl (C=O) groups is 1. The number of hydrogen-bond donors (Lipinski definition) is 0. The van der Waals surface area contributed by atoms with Crippen molar-refractivity contribution < 1.29 is 30.4 Å². The van der Waals surface area contributed by atoms with Crippen molar-refractivity contribution in [1.82, 2.24) is 0 Å². The predicted octanol–water partition coefficient (Wildman–Crippen LogP) is 4.98. The molecular weight excluding hydrogens is 362 g/mol. The van der Waals surface area contributed by atoms with Crippen LogP contribution in [0.1, 0.15) is 33.1 Å². The number of unbranched alkanes of at least 4 members (excludes halogenated alkanes) is 1. The first-order valence-corrected chi connectivity index (χ1v) is 12.2.